The number of benzene rings is 1. The van der Waals surface area contributed by atoms with Crippen molar-refractivity contribution in [1.82, 2.24) is 4.98 Å². The van der Waals surface area contributed by atoms with E-state index in [1.54, 1.807) is 0 Å². The summed E-state index contributed by atoms with van der Waals surface area (Å²) in [6.45, 7) is 0. The van der Waals surface area contributed by atoms with Gasteiger partial charge in [0, 0.05) is 5.69 Å². The molecule has 0 fully saturated rings. The van der Waals surface area contributed by atoms with Crippen molar-refractivity contribution < 1.29 is 13.9 Å². The first-order valence-corrected chi connectivity index (χ1v) is 6.54. The zero-order chi connectivity index (χ0) is 14.0. The normalized spacial score (nSPS) is 10.3. The van der Waals surface area contributed by atoms with Crippen LogP contribution in [0.25, 0.3) is 0 Å². The molecule has 1 aromatic heterocycles. The van der Waals surface area contributed by atoms with E-state index < -0.39 is 11.8 Å². The van der Waals surface area contributed by atoms with Crippen LogP contribution >= 0.6 is 34.5 Å². The summed E-state index contributed by atoms with van der Waals surface area (Å²) in [5, 5.41) is 3.12. The van der Waals surface area contributed by atoms with E-state index in [0.717, 1.165) is 11.3 Å². The van der Waals surface area contributed by atoms with Crippen molar-refractivity contribution in [1.29, 1.82) is 0 Å². The lowest BCUT2D eigenvalue weighted by atomic mass is 10.3. The summed E-state index contributed by atoms with van der Waals surface area (Å²) in [5.74, 6) is -1.15. The topological polar surface area (TPSA) is 51.2 Å². The highest BCUT2D eigenvalue weighted by atomic mass is 35.5. The van der Waals surface area contributed by atoms with E-state index in [4.69, 9.17) is 23.2 Å². The number of ether oxygens (including phenoxy) is 1. The lowest BCUT2D eigenvalue weighted by molar-refractivity contribution is 0.0606. The van der Waals surface area contributed by atoms with Gasteiger partial charge in [-0.2, -0.15) is 0 Å². The van der Waals surface area contributed by atoms with Gasteiger partial charge in [-0.3, -0.25) is 0 Å². The van der Waals surface area contributed by atoms with Gasteiger partial charge in [0.25, 0.3) is 0 Å². The van der Waals surface area contributed by atoms with Crippen LogP contribution in [0.2, 0.25) is 10.0 Å². The Labute approximate surface area is 122 Å². The maximum atomic E-state index is 13.2. The van der Waals surface area contributed by atoms with Crippen molar-refractivity contribution in [2.45, 2.75) is 0 Å². The summed E-state index contributed by atoms with van der Waals surface area (Å²) in [6, 6.07) is 2.75. The monoisotopic (exact) mass is 320 g/mol. The van der Waals surface area contributed by atoms with Crippen LogP contribution in [0.4, 0.5) is 15.2 Å². The minimum absolute atomic E-state index is 0.0975. The number of hydrogen-bond acceptors (Lipinski definition) is 5. The molecule has 19 heavy (non-hydrogen) atoms. The molecular weight excluding hydrogens is 314 g/mol. The second-order valence-corrected chi connectivity index (χ2v) is 5.25. The fourth-order valence-corrected chi connectivity index (χ4v) is 2.52. The van der Waals surface area contributed by atoms with Gasteiger partial charge in [-0.1, -0.05) is 34.5 Å². The molecule has 1 heterocycles. The summed E-state index contributed by atoms with van der Waals surface area (Å²) < 4.78 is 17.8. The van der Waals surface area contributed by atoms with E-state index in [1.165, 1.54) is 25.4 Å². The van der Waals surface area contributed by atoms with Crippen molar-refractivity contribution in [3.63, 3.8) is 0 Å². The minimum Gasteiger partial charge on any atom is -0.465 e. The van der Waals surface area contributed by atoms with Crippen LogP contribution in [-0.2, 0) is 4.74 Å². The third-order valence-electron chi connectivity index (χ3n) is 2.13. The van der Waals surface area contributed by atoms with Gasteiger partial charge in [-0.15, -0.1) is 0 Å². The Hall–Kier alpha value is -1.37. The van der Waals surface area contributed by atoms with Gasteiger partial charge < -0.3 is 10.1 Å². The van der Waals surface area contributed by atoms with Gasteiger partial charge in [-0.25, -0.2) is 14.2 Å². The zero-order valence-corrected chi connectivity index (χ0v) is 11.9. The van der Waals surface area contributed by atoms with E-state index in [1.807, 2.05) is 0 Å². The number of thiazole rings is 1. The first kappa shape index (κ1) is 14.0. The maximum absolute atomic E-state index is 13.2. The third-order valence-corrected chi connectivity index (χ3v) is 3.57. The molecule has 100 valence electrons. The Kier molecular flexibility index (Phi) is 4.24. The molecule has 0 saturated carbocycles. The van der Waals surface area contributed by atoms with E-state index in [-0.39, 0.29) is 10.0 Å². The van der Waals surface area contributed by atoms with Crippen molar-refractivity contribution in [2.75, 3.05) is 12.4 Å². The quantitative estimate of drug-likeness (QED) is 0.682. The average Bonchev–Trinajstić information content (AvgIpc) is 2.83. The van der Waals surface area contributed by atoms with Crippen LogP contribution in [0, 0.1) is 5.82 Å². The molecule has 0 bridgehead atoms. The van der Waals surface area contributed by atoms with Crippen LogP contribution in [0.5, 0.6) is 0 Å². The van der Waals surface area contributed by atoms with Gasteiger partial charge in [0.2, 0.25) is 0 Å². The Morgan fingerprint density at radius 2 is 2.05 bits per heavy atom. The smallest absolute Gasteiger partial charge is 0.349 e. The van der Waals surface area contributed by atoms with Crippen LogP contribution in [0.1, 0.15) is 9.67 Å². The lowest BCUT2D eigenvalue weighted by Crippen LogP contribution is -1.96. The molecule has 0 amide bonds. The number of nitrogens with one attached hydrogen (secondary N) is 1. The first-order chi connectivity index (χ1) is 9.01. The molecular formula is C11H7Cl2FN2O2S. The number of rotatable bonds is 3. The standard InChI is InChI=1S/C11H7Cl2FN2O2S/c1-18-10(17)8-4-15-11(19-8)16-5-2-6(12)9(14)7(13)3-5/h2-4H,1H3,(H,15,16). The highest BCUT2D eigenvalue weighted by molar-refractivity contribution is 7.17. The molecule has 0 aliphatic carbocycles. The summed E-state index contributed by atoms with van der Waals surface area (Å²) in [4.78, 5) is 15.6. The van der Waals surface area contributed by atoms with Crippen LogP contribution in [0.15, 0.2) is 18.3 Å². The fraction of sp³-hybridized carbons (Fsp3) is 0.0909. The summed E-state index contributed by atoms with van der Waals surface area (Å²) in [5.41, 5.74) is 0.474. The number of anilines is 2. The molecule has 2 aromatic rings. The number of carbonyl (C=O) groups excluding carboxylic acids is 1. The van der Waals surface area contributed by atoms with Crippen molar-refractivity contribution in [2.24, 2.45) is 0 Å². The lowest BCUT2D eigenvalue weighted by Gasteiger charge is -2.05. The predicted molar refractivity (Wildman–Crippen MR) is 73.2 cm³/mol. The minimum atomic E-state index is -0.678. The summed E-state index contributed by atoms with van der Waals surface area (Å²) in [7, 11) is 1.29. The molecule has 0 atom stereocenters. The van der Waals surface area contributed by atoms with E-state index in [9.17, 15) is 9.18 Å². The number of carbonyl (C=O) groups is 1. The first-order valence-electron chi connectivity index (χ1n) is 4.97. The average molecular weight is 321 g/mol. The molecule has 0 saturated heterocycles. The molecule has 0 radical (unpaired) electrons. The highest BCUT2D eigenvalue weighted by Gasteiger charge is 2.12. The van der Waals surface area contributed by atoms with Crippen LogP contribution in [-0.4, -0.2) is 18.1 Å². The van der Waals surface area contributed by atoms with Gasteiger partial charge >= 0.3 is 5.97 Å². The summed E-state index contributed by atoms with van der Waals surface area (Å²) in [6.07, 6.45) is 1.38. The Bertz CT molecular complexity index is 610. The largest absolute Gasteiger partial charge is 0.465 e. The molecule has 0 unspecified atom stereocenters. The van der Waals surface area contributed by atoms with Crippen molar-refractivity contribution in [3.8, 4) is 0 Å². The van der Waals surface area contributed by atoms with Gasteiger partial charge in [0.15, 0.2) is 10.9 Å². The predicted octanol–water partition coefficient (Wildman–Crippen LogP) is 4.12. The Morgan fingerprint density at radius 1 is 1.42 bits per heavy atom. The second-order valence-electron chi connectivity index (χ2n) is 3.40. The number of aromatic nitrogens is 1. The van der Waals surface area contributed by atoms with Crippen molar-refractivity contribution >= 4 is 51.3 Å². The summed E-state index contributed by atoms with van der Waals surface area (Å²) >= 11 is 12.4. The molecule has 4 nitrogen and oxygen atoms in total. The molecule has 8 heteroatoms. The molecule has 1 N–H and O–H groups in total. The highest BCUT2D eigenvalue weighted by Crippen LogP contribution is 2.30. The molecule has 2 rings (SSSR count). The Balaban J connectivity index is 2.22. The van der Waals surface area contributed by atoms with Gasteiger partial charge in [0.05, 0.1) is 23.4 Å². The number of hydrogen-bond donors (Lipinski definition) is 1. The van der Waals surface area contributed by atoms with Crippen LogP contribution < -0.4 is 5.32 Å². The van der Waals surface area contributed by atoms with E-state index >= 15 is 0 Å². The van der Waals surface area contributed by atoms with E-state index in [0.29, 0.717) is 15.7 Å². The van der Waals surface area contributed by atoms with Crippen molar-refractivity contribution in [3.05, 3.63) is 39.1 Å². The molecule has 1 aromatic carbocycles. The number of nitrogens with zero attached hydrogens (tertiary/aromatic N) is 1. The van der Waals surface area contributed by atoms with E-state index in [2.05, 4.69) is 15.0 Å². The molecule has 0 aliphatic rings. The fourth-order valence-electron chi connectivity index (χ4n) is 1.28. The second kappa shape index (κ2) is 5.73. The Morgan fingerprint density at radius 3 is 2.63 bits per heavy atom. The van der Waals surface area contributed by atoms with Crippen LogP contribution in [0.3, 0.4) is 0 Å². The van der Waals surface area contributed by atoms with Gasteiger partial charge in [-0.05, 0) is 12.1 Å². The van der Waals surface area contributed by atoms with Gasteiger partial charge in [0.1, 0.15) is 4.88 Å². The maximum Gasteiger partial charge on any atom is 0.349 e. The SMILES string of the molecule is COC(=O)c1cnc(Nc2cc(Cl)c(F)c(Cl)c2)s1. The third kappa shape index (κ3) is 3.15. The molecule has 0 aliphatic heterocycles. The zero-order valence-electron chi connectivity index (χ0n) is 9.54. The number of esters is 1. The molecule has 0 spiro atoms. The number of halogens is 3. The number of methoxy groups -OCH3 is 1.